The molecule has 1 aromatic rings. The molecule has 1 aromatic heterocycles. The number of piperazine rings is 1. The van der Waals surface area contributed by atoms with E-state index in [1.807, 2.05) is 11.8 Å². The van der Waals surface area contributed by atoms with Crippen LogP contribution in [-0.4, -0.2) is 79.0 Å². The van der Waals surface area contributed by atoms with Gasteiger partial charge in [-0.05, 0) is 12.5 Å². The topological polar surface area (TPSA) is 86.7 Å². The molecule has 1 saturated heterocycles. The van der Waals surface area contributed by atoms with Gasteiger partial charge in [-0.1, -0.05) is 6.92 Å². The number of hydrogen-bond donors (Lipinski definition) is 0. The highest BCUT2D eigenvalue weighted by molar-refractivity contribution is 7.88. The van der Waals surface area contributed by atoms with E-state index in [-0.39, 0.29) is 18.9 Å². The second kappa shape index (κ2) is 8.39. The summed E-state index contributed by atoms with van der Waals surface area (Å²) >= 11 is 0. The molecular formula is C15H25N5O3S. The number of anilines is 1. The van der Waals surface area contributed by atoms with Crippen LogP contribution in [0.25, 0.3) is 0 Å². The van der Waals surface area contributed by atoms with Crippen LogP contribution < -0.4 is 4.90 Å². The Kier molecular flexibility index (Phi) is 6.50. The summed E-state index contributed by atoms with van der Waals surface area (Å²) in [6, 6.07) is 1.77. The predicted molar refractivity (Wildman–Crippen MR) is 92.1 cm³/mol. The van der Waals surface area contributed by atoms with Gasteiger partial charge in [-0.25, -0.2) is 22.7 Å². The fraction of sp³-hybridized carbons (Fsp3) is 0.667. The summed E-state index contributed by atoms with van der Waals surface area (Å²) in [5.41, 5.74) is 0. The predicted octanol–water partition coefficient (Wildman–Crippen LogP) is 0.187. The van der Waals surface area contributed by atoms with Crippen LogP contribution in [0.15, 0.2) is 18.5 Å². The first-order valence-electron chi connectivity index (χ1n) is 8.16. The van der Waals surface area contributed by atoms with Gasteiger partial charge in [0.1, 0.15) is 0 Å². The second-order valence-corrected chi connectivity index (χ2v) is 7.81. The van der Waals surface area contributed by atoms with E-state index in [2.05, 4.69) is 9.97 Å². The van der Waals surface area contributed by atoms with Gasteiger partial charge in [0.15, 0.2) is 0 Å². The highest BCUT2D eigenvalue weighted by Crippen LogP contribution is 2.11. The SMILES string of the molecule is CCCN(CCC(=O)N1CCN(c2ncccn2)CC1)S(C)(=O)=O. The van der Waals surface area contributed by atoms with Gasteiger partial charge >= 0.3 is 0 Å². The Labute approximate surface area is 143 Å². The highest BCUT2D eigenvalue weighted by Gasteiger charge is 2.24. The molecule has 0 spiro atoms. The molecule has 0 radical (unpaired) electrons. The lowest BCUT2D eigenvalue weighted by Gasteiger charge is -2.35. The average Bonchev–Trinajstić information content (AvgIpc) is 2.58. The van der Waals surface area contributed by atoms with Crippen molar-refractivity contribution >= 4 is 21.9 Å². The van der Waals surface area contributed by atoms with Crippen molar-refractivity contribution in [3.63, 3.8) is 0 Å². The first-order valence-corrected chi connectivity index (χ1v) is 10.0. The molecule has 8 nitrogen and oxygen atoms in total. The maximum Gasteiger partial charge on any atom is 0.225 e. The highest BCUT2D eigenvalue weighted by atomic mass is 32.2. The molecule has 134 valence electrons. The third-order valence-electron chi connectivity index (χ3n) is 3.98. The number of carbonyl (C=O) groups is 1. The van der Waals surface area contributed by atoms with Crippen LogP contribution in [0, 0.1) is 0 Å². The molecule has 0 aromatic carbocycles. The summed E-state index contributed by atoms with van der Waals surface area (Å²) in [4.78, 5) is 24.6. The molecule has 0 aliphatic carbocycles. The molecular weight excluding hydrogens is 330 g/mol. The zero-order chi connectivity index (χ0) is 17.6. The van der Waals surface area contributed by atoms with Gasteiger partial charge in [0, 0.05) is 58.1 Å². The number of carbonyl (C=O) groups excluding carboxylic acids is 1. The Balaban J connectivity index is 1.82. The van der Waals surface area contributed by atoms with E-state index in [4.69, 9.17) is 0 Å². The lowest BCUT2D eigenvalue weighted by molar-refractivity contribution is -0.131. The number of amides is 1. The molecule has 1 aliphatic rings. The zero-order valence-corrected chi connectivity index (χ0v) is 15.1. The largest absolute Gasteiger partial charge is 0.339 e. The Hall–Kier alpha value is -1.74. The molecule has 0 N–H and O–H groups in total. The van der Waals surface area contributed by atoms with Crippen molar-refractivity contribution in [2.75, 3.05) is 50.4 Å². The van der Waals surface area contributed by atoms with Gasteiger partial charge in [0.25, 0.3) is 0 Å². The molecule has 0 unspecified atom stereocenters. The minimum Gasteiger partial charge on any atom is -0.339 e. The van der Waals surface area contributed by atoms with Crippen molar-refractivity contribution in [3.8, 4) is 0 Å². The quantitative estimate of drug-likeness (QED) is 0.694. The Bertz CT molecular complexity index is 630. The van der Waals surface area contributed by atoms with E-state index in [1.54, 1.807) is 23.4 Å². The number of aromatic nitrogens is 2. The summed E-state index contributed by atoms with van der Waals surface area (Å²) in [5, 5.41) is 0. The summed E-state index contributed by atoms with van der Waals surface area (Å²) in [7, 11) is -3.26. The van der Waals surface area contributed by atoms with Crippen LogP contribution in [0.1, 0.15) is 19.8 Å². The monoisotopic (exact) mass is 355 g/mol. The van der Waals surface area contributed by atoms with E-state index in [0.29, 0.717) is 38.7 Å². The zero-order valence-electron chi connectivity index (χ0n) is 14.3. The maximum atomic E-state index is 12.3. The molecule has 1 fully saturated rings. The Morgan fingerprint density at radius 1 is 1.17 bits per heavy atom. The van der Waals surface area contributed by atoms with Crippen molar-refractivity contribution in [1.29, 1.82) is 0 Å². The molecule has 9 heteroatoms. The minimum absolute atomic E-state index is 0.00613. The number of hydrogen-bond acceptors (Lipinski definition) is 6. The van der Waals surface area contributed by atoms with Crippen molar-refractivity contribution in [3.05, 3.63) is 18.5 Å². The molecule has 0 saturated carbocycles. The van der Waals surface area contributed by atoms with E-state index in [1.165, 1.54) is 10.6 Å². The van der Waals surface area contributed by atoms with Crippen molar-refractivity contribution in [1.82, 2.24) is 19.2 Å². The standard InChI is InChI=1S/C15H25N5O3S/c1-3-8-20(24(2,22)23)9-5-14(21)18-10-12-19(13-11-18)15-16-6-4-7-17-15/h4,6-7H,3,5,8-13H2,1-2H3. The lowest BCUT2D eigenvalue weighted by Crippen LogP contribution is -2.49. The first-order chi connectivity index (χ1) is 11.4. The number of rotatable bonds is 7. The average molecular weight is 355 g/mol. The van der Waals surface area contributed by atoms with E-state index in [0.717, 1.165) is 6.42 Å². The Morgan fingerprint density at radius 3 is 2.33 bits per heavy atom. The lowest BCUT2D eigenvalue weighted by atomic mass is 10.3. The summed E-state index contributed by atoms with van der Waals surface area (Å²) in [5.74, 6) is 0.671. The van der Waals surface area contributed by atoms with Crippen LogP contribution in [0.5, 0.6) is 0 Å². The van der Waals surface area contributed by atoms with Gasteiger partial charge in [0.2, 0.25) is 21.9 Å². The van der Waals surface area contributed by atoms with E-state index in [9.17, 15) is 13.2 Å². The van der Waals surface area contributed by atoms with Crippen molar-refractivity contribution in [2.24, 2.45) is 0 Å². The van der Waals surface area contributed by atoms with E-state index >= 15 is 0 Å². The molecule has 2 rings (SSSR count). The van der Waals surface area contributed by atoms with Crippen LogP contribution in [0.2, 0.25) is 0 Å². The van der Waals surface area contributed by atoms with Crippen molar-refractivity contribution in [2.45, 2.75) is 19.8 Å². The number of nitrogens with zero attached hydrogens (tertiary/aromatic N) is 5. The third-order valence-corrected chi connectivity index (χ3v) is 5.29. The smallest absolute Gasteiger partial charge is 0.225 e. The third kappa shape index (κ3) is 5.13. The molecule has 0 atom stereocenters. The van der Waals surface area contributed by atoms with Crippen LogP contribution in [-0.2, 0) is 14.8 Å². The summed E-state index contributed by atoms with van der Waals surface area (Å²) in [6.45, 7) is 5.18. The summed E-state index contributed by atoms with van der Waals surface area (Å²) < 4.78 is 24.8. The molecule has 2 heterocycles. The van der Waals surface area contributed by atoms with Gasteiger partial charge in [-0.15, -0.1) is 0 Å². The number of sulfonamides is 1. The molecule has 1 aliphatic heterocycles. The molecule has 24 heavy (non-hydrogen) atoms. The van der Waals surface area contributed by atoms with Crippen LogP contribution in [0.3, 0.4) is 0 Å². The maximum absolute atomic E-state index is 12.3. The molecule has 1 amide bonds. The Morgan fingerprint density at radius 2 is 1.79 bits per heavy atom. The van der Waals surface area contributed by atoms with Gasteiger partial charge < -0.3 is 9.80 Å². The van der Waals surface area contributed by atoms with Crippen LogP contribution >= 0.6 is 0 Å². The van der Waals surface area contributed by atoms with Crippen molar-refractivity contribution < 1.29 is 13.2 Å². The normalized spacial score (nSPS) is 15.8. The first kappa shape index (κ1) is 18.6. The molecule has 0 bridgehead atoms. The van der Waals surface area contributed by atoms with Crippen LogP contribution in [0.4, 0.5) is 5.95 Å². The minimum atomic E-state index is -3.26. The van der Waals surface area contributed by atoms with Gasteiger partial charge in [-0.3, -0.25) is 4.79 Å². The summed E-state index contributed by atoms with van der Waals surface area (Å²) in [6.07, 6.45) is 5.54. The fourth-order valence-corrected chi connectivity index (χ4v) is 3.62. The fourth-order valence-electron chi connectivity index (χ4n) is 2.68. The van der Waals surface area contributed by atoms with Gasteiger partial charge in [-0.2, -0.15) is 0 Å². The second-order valence-electron chi connectivity index (χ2n) is 5.83. The van der Waals surface area contributed by atoms with E-state index < -0.39 is 10.0 Å². The van der Waals surface area contributed by atoms with Gasteiger partial charge in [0.05, 0.1) is 6.26 Å².